The van der Waals surface area contributed by atoms with Gasteiger partial charge in [0, 0.05) is 35.8 Å². The molecule has 0 saturated carbocycles. The second kappa shape index (κ2) is 8.36. The van der Waals surface area contributed by atoms with E-state index in [1.54, 1.807) is 24.3 Å². The normalized spacial score (nSPS) is 11.4. The van der Waals surface area contributed by atoms with Gasteiger partial charge in [0.1, 0.15) is 0 Å². The van der Waals surface area contributed by atoms with Gasteiger partial charge in [0.15, 0.2) is 9.84 Å². The van der Waals surface area contributed by atoms with Gasteiger partial charge in [0.2, 0.25) is 0 Å². The summed E-state index contributed by atoms with van der Waals surface area (Å²) in [5.74, 6) is -0.338. The van der Waals surface area contributed by atoms with Crippen LogP contribution in [0.4, 0.5) is 11.4 Å². The van der Waals surface area contributed by atoms with E-state index in [2.05, 4.69) is 31.0 Å². The predicted molar refractivity (Wildman–Crippen MR) is 108 cm³/mol. The standard InChI is InChI=1S/C20H26N2O3S/c1-5-22(15(2)3)19-11-9-18(10-12-19)21-20(23)17-8-6-7-16(13-17)14-26(4,24)25/h6-13,15H,5,14H2,1-4H3,(H,21,23). The molecule has 0 aliphatic heterocycles. The zero-order valence-electron chi connectivity index (χ0n) is 15.7. The first-order valence-corrected chi connectivity index (χ1v) is 10.7. The Hall–Kier alpha value is -2.34. The van der Waals surface area contributed by atoms with Crippen LogP contribution < -0.4 is 10.2 Å². The van der Waals surface area contributed by atoms with Crippen LogP contribution in [0.25, 0.3) is 0 Å². The van der Waals surface area contributed by atoms with Crippen molar-refractivity contribution in [2.75, 3.05) is 23.0 Å². The van der Waals surface area contributed by atoms with Crippen LogP contribution in [0.5, 0.6) is 0 Å². The number of carbonyl (C=O) groups is 1. The molecular weight excluding hydrogens is 348 g/mol. The molecule has 0 radical (unpaired) electrons. The molecule has 0 bridgehead atoms. The highest BCUT2D eigenvalue weighted by Crippen LogP contribution is 2.20. The molecule has 0 aromatic heterocycles. The summed E-state index contributed by atoms with van der Waals surface area (Å²) in [5.41, 5.74) is 2.85. The molecule has 26 heavy (non-hydrogen) atoms. The summed E-state index contributed by atoms with van der Waals surface area (Å²) >= 11 is 0. The number of hydrogen-bond acceptors (Lipinski definition) is 4. The molecule has 2 rings (SSSR count). The highest BCUT2D eigenvalue weighted by atomic mass is 32.2. The van der Waals surface area contributed by atoms with Gasteiger partial charge >= 0.3 is 0 Å². The van der Waals surface area contributed by atoms with Crippen molar-refractivity contribution in [1.82, 2.24) is 0 Å². The van der Waals surface area contributed by atoms with Crippen molar-refractivity contribution in [3.8, 4) is 0 Å². The number of anilines is 2. The molecule has 140 valence electrons. The zero-order chi connectivity index (χ0) is 19.3. The Kier molecular flexibility index (Phi) is 6.42. The van der Waals surface area contributed by atoms with Crippen LogP contribution in [0.3, 0.4) is 0 Å². The van der Waals surface area contributed by atoms with Gasteiger partial charge in [-0.1, -0.05) is 12.1 Å². The van der Waals surface area contributed by atoms with Crippen molar-refractivity contribution in [1.29, 1.82) is 0 Å². The first kappa shape index (κ1) is 20.0. The van der Waals surface area contributed by atoms with E-state index in [1.807, 2.05) is 24.3 Å². The van der Waals surface area contributed by atoms with Gasteiger partial charge < -0.3 is 10.2 Å². The van der Waals surface area contributed by atoms with Gasteiger partial charge in [-0.05, 0) is 62.7 Å². The fourth-order valence-electron chi connectivity index (χ4n) is 2.89. The van der Waals surface area contributed by atoms with Crippen molar-refractivity contribution in [3.05, 3.63) is 59.7 Å². The molecule has 2 aromatic rings. The monoisotopic (exact) mass is 374 g/mol. The summed E-state index contributed by atoms with van der Waals surface area (Å²) in [5, 5.41) is 2.85. The summed E-state index contributed by atoms with van der Waals surface area (Å²) in [6, 6.07) is 14.8. The Morgan fingerprint density at radius 2 is 1.77 bits per heavy atom. The molecule has 0 aliphatic carbocycles. The minimum Gasteiger partial charge on any atom is -0.369 e. The summed E-state index contributed by atoms with van der Waals surface area (Å²) in [6.45, 7) is 7.31. The lowest BCUT2D eigenvalue weighted by Gasteiger charge is -2.27. The Morgan fingerprint density at radius 1 is 1.12 bits per heavy atom. The molecular formula is C20H26N2O3S. The fraction of sp³-hybridized carbons (Fsp3) is 0.350. The van der Waals surface area contributed by atoms with E-state index >= 15 is 0 Å². The average molecular weight is 375 g/mol. The number of amides is 1. The third kappa shape index (κ3) is 5.59. The molecule has 0 spiro atoms. The molecule has 0 fully saturated rings. The van der Waals surface area contributed by atoms with Crippen LogP contribution in [0.2, 0.25) is 0 Å². The molecule has 0 unspecified atom stereocenters. The number of benzene rings is 2. The van der Waals surface area contributed by atoms with Gasteiger partial charge in [0.05, 0.1) is 5.75 Å². The largest absolute Gasteiger partial charge is 0.369 e. The van der Waals surface area contributed by atoms with Gasteiger partial charge in [-0.15, -0.1) is 0 Å². The fourth-order valence-corrected chi connectivity index (χ4v) is 3.68. The minimum absolute atomic E-state index is 0.0785. The zero-order valence-corrected chi connectivity index (χ0v) is 16.5. The number of nitrogens with zero attached hydrogens (tertiary/aromatic N) is 1. The van der Waals surface area contributed by atoms with Crippen molar-refractivity contribution in [2.45, 2.75) is 32.6 Å². The van der Waals surface area contributed by atoms with E-state index in [1.165, 1.54) is 6.26 Å². The number of nitrogens with one attached hydrogen (secondary N) is 1. The lowest BCUT2D eigenvalue weighted by atomic mass is 10.1. The van der Waals surface area contributed by atoms with Crippen LogP contribution in [0.15, 0.2) is 48.5 Å². The van der Waals surface area contributed by atoms with Crippen molar-refractivity contribution in [3.63, 3.8) is 0 Å². The molecule has 6 heteroatoms. The molecule has 2 aromatic carbocycles. The highest BCUT2D eigenvalue weighted by molar-refractivity contribution is 7.89. The van der Waals surface area contributed by atoms with Crippen molar-refractivity contribution >= 4 is 27.1 Å². The van der Waals surface area contributed by atoms with E-state index < -0.39 is 9.84 Å². The van der Waals surface area contributed by atoms with Crippen LogP contribution in [-0.4, -0.2) is 33.2 Å². The van der Waals surface area contributed by atoms with E-state index in [0.717, 1.165) is 12.2 Å². The Morgan fingerprint density at radius 3 is 2.31 bits per heavy atom. The molecule has 1 amide bonds. The quantitative estimate of drug-likeness (QED) is 0.802. The number of carbonyl (C=O) groups excluding carboxylic acids is 1. The van der Waals surface area contributed by atoms with Crippen LogP contribution >= 0.6 is 0 Å². The smallest absolute Gasteiger partial charge is 0.255 e. The van der Waals surface area contributed by atoms with Crippen molar-refractivity contribution < 1.29 is 13.2 Å². The number of rotatable bonds is 7. The molecule has 0 saturated heterocycles. The Labute approximate surface area is 156 Å². The van der Waals surface area contributed by atoms with Crippen LogP contribution in [0.1, 0.15) is 36.7 Å². The maximum Gasteiger partial charge on any atom is 0.255 e. The lowest BCUT2D eigenvalue weighted by molar-refractivity contribution is 0.102. The van der Waals surface area contributed by atoms with E-state index in [0.29, 0.717) is 22.9 Å². The van der Waals surface area contributed by atoms with Gasteiger partial charge in [0.25, 0.3) is 5.91 Å². The number of sulfone groups is 1. The molecule has 0 heterocycles. The third-order valence-electron chi connectivity index (χ3n) is 4.04. The summed E-state index contributed by atoms with van der Waals surface area (Å²) < 4.78 is 22.9. The topological polar surface area (TPSA) is 66.5 Å². The second-order valence-electron chi connectivity index (χ2n) is 6.65. The molecule has 1 N–H and O–H groups in total. The summed E-state index contributed by atoms with van der Waals surface area (Å²) in [4.78, 5) is 14.7. The summed E-state index contributed by atoms with van der Waals surface area (Å²) in [7, 11) is -3.14. The average Bonchev–Trinajstić information content (AvgIpc) is 2.55. The van der Waals surface area contributed by atoms with Gasteiger partial charge in [-0.2, -0.15) is 0 Å². The van der Waals surface area contributed by atoms with E-state index in [4.69, 9.17) is 0 Å². The van der Waals surface area contributed by atoms with E-state index in [-0.39, 0.29) is 11.7 Å². The highest BCUT2D eigenvalue weighted by Gasteiger charge is 2.11. The van der Waals surface area contributed by atoms with Crippen molar-refractivity contribution in [2.24, 2.45) is 0 Å². The minimum atomic E-state index is -3.14. The first-order valence-electron chi connectivity index (χ1n) is 8.64. The lowest BCUT2D eigenvalue weighted by Crippen LogP contribution is -2.30. The number of hydrogen-bond donors (Lipinski definition) is 1. The first-order chi connectivity index (χ1) is 12.2. The molecule has 5 nitrogen and oxygen atoms in total. The molecule has 0 atom stereocenters. The third-order valence-corrected chi connectivity index (χ3v) is 4.90. The second-order valence-corrected chi connectivity index (χ2v) is 8.79. The van der Waals surface area contributed by atoms with E-state index in [9.17, 15) is 13.2 Å². The van der Waals surface area contributed by atoms with Gasteiger partial charge in [-0.25, -0.2) is 8.42 Å². The van der Waals surface area contributed by atoms with Crippen LogP contribution in [0, 0.1) is 0 Å². The Balaban J connectivity index is 2.11. The Bertz CT molecular complexity index is 859. The van der Waals surface area contributed by atoms with Crippen LogP contribution in [-0.2, 0) is 15.6 Å². The van der Waals surface area contributed by atoms with Gasteiger partial charge in [-0.3, -0.25) is 4.79 Å². The SMILES string of the molecule is CCN(c1ccc(NC(=O)c2cccc(CS(C)(=O)=O)c2)cc1)C(C)C. The predicted octanol–water partition coefficient (Wildman–Crippen LogP) is 3.72. The maximum absolute atomic E-state index is 12.4. The summed E-state index contributed by atoms with van der Waals surface area (Å²) in [6.07, 6.45) is 1.18. The molecule has 0 aliphatic rings. The maximum atomic E-state index is 12.4.